The van der Waals surface area contributed by atoms with Crippen molar-refractivity contribution in [1.82, 2.24) is 0 Å². The Kier molecular flexibility index (Phi) is 5.34. The van der Waals surface area contributed by atoms with Crippen LogP contribution >= 0.6 is 0 Å². The van der Waals surface area contributed by atoms with Gasteiger partial charge < -0.3 is 9.47 Å². The van der Waals surface area contributed by atoms with E-state index in [-0.39, 0.29) is 23.1 Å². The van der Waals surface area contributed by atoms with E-state index in [2.05, 4.69) is 0 Å². The number of rotatable bonds is 4. The summed E-state index contributed by atoms with van der Waals surface area (Å²) in [7, 11) is 0. The molecule has 0 atom stereocenters. The summed E-state index contributed by atoms with van der Waals surface area (Å²) >= 11 is 0. The predicted octanol–water partition coefficient (Wildman–Crippen LogP) is 5.13. The van der Waals surface area contributed by atoms with Crippen LogP contribution in [0.1, 0.15) is 51.7 Å². The highest BCUT2D eigenvalue weighted by molar-refractivity contribution is 6.15. The first-order chi connectivity index (χ1) is 13.5. The van der Waals surface area contributed by atoms with E-state index in [0.29, 0.717) is 12.0 Å². The van der Waals surface area contributed by atoms with Gasteiger partial charge >= 0.3 is 0 Å². The molecule has 0 N–H and O–H groups in total. The molecule has 3 rings (SSSR count). The molecule has 2 aromatic rings. The summed E-state index contributed by atoms with van der Waals surface area (Å²) in [5.74, 6) is -3.11. The zero-order chi connectivity index (χ0) is 21.6. The highest BCUT2D eigenvalue weighted by Gasteiger charge is 2.53. The third-order valence-electron chi connectivity index (χ3n) is 5.15. The van der Waals surface area contributed by atoms with Gasteiger partial charge in [0.15, 0.2) is 23.1 Å². The van der Waals surface area contributed by atoms with E-state index in [9.17, 15) is 18.4 Å². The third-order valence-corrected chi connectivity index (χ3v) is 5.15. The molecule has 1 aliphatic heterocycles. The van der Waals surface area contributed by atoms with Gasteiger partial charge in [0.1, 0.15) is 28.7 Å². The van der Waals surface area contributed by atoms with Crippen LogP contribution in [0.15, 0.2) is 36.4 Å². The van der Waals surface area contributed by atoms with Gasteiger partial charge in [-0.2, -0.15) is 0 Å². The Balaban J connectivity index is 2.07. The fourth-order valence-corrected chi connectivity index (χ4v) is 3.75. The molecule has 0 aromatic heterocycles. The quantitative estimate of drug-likeness (QED) is 0.666. The number of benzene rings is 2. The lowest BCUT2D eigenvalue weighted by atomic mass is 9.73. The minimum atomic E-state index is -1.13. The van der Waals surface area contributed by atoms with Crippen molar-refractivity contribution >= 4 is 11.6 Å². The Hall–Kier alpha value is -2.60. The highest BCUT2D eigenvalue weighted by Crippen LogP contribution is 2.41. The predicted molar refractivity (Wildman–Crippen MR) is 104 cm³/mol. The summed E-state index contributed by atoms with van der Waals surface area (Å²) in [4.78, 5) is 26.2. The fourth-order valence-electron chi connectivity index (χ4n) is 3.75. The van der Waals surface area contributed by atoms with Crippen LogP contribution in [-0.4, -0.2) is 22.8 Å². The average Bonchev–Trinajstić information content (AvgIpc) is 2.62. The third kappa shape index (κ3) is 3.94. The number of ether oxygens (including phenoxy) is 2. The van der Waals surface area contributed by atoms with Crippen molar-refractivity contribution in [2.75, 3.05) is 0 Å². The molecule has 29 heavy (non-hydrogen) atoms. The Morgan fingerprint density at radius 1 is 0.966 bits per heavy atom. The van der Waals surface area contributed by atoms with Crippen LogP contribution in [0.4, 0.5) is 8.78 Å². The van der Waals surface area contributed by atoms with Gasteiger partial charge in [-0.1, -0.05) is 13.0 Å². The SMILES string of the molecule is CCc1ccc(Oc2ccc(F)cc2F)cc1C1C(=O)C(C)(C)OC(C)(C)C1=O. The number of halogens is 2. The first kappa shape index (κ1) is 21.1. The van der Waals surface area contributed by atoms with Gasteiger partial charge in [-0.15, -0.1) is 0 Å². The van der Waals surface area contributed by atoms with Gasteiger partial charge in [-0.05, 0) is 69.5 Å². The van der Waals surface area contributed by atoms with E-state index in [1.807, 2.05) is 6.92 Å². The summed E-state index contributed by atoms with van der Waals surface area (Å²) in [6, 6.07) is 7.98. The molecule has 0 unspecified atom stereocenters. The van der Waals surface area contributed by atoms with E-state index in [4.69, 9.17) is 9.47 Å². The summed E-state index contributed by atoms with van der Waals surface area (Å²) in [5, 5.41) is 0. The summed E-state index contributed by atoms with van der Waals surface area (Å²) in [5.41, 5.74) is -0.927. The van der Waals surface area contributed by atoms with Crippen molar-refractivity contribution < 1.29 is 27.8 Å². The molecule has 2 aromatic carbocycles. The first-order valence-electron chi connectivity index (χ1n) is 9.51. The molecule has 1 fully saturated rings. The first-order valence-corrected chi connectivity index (χ1v) is 9.51. The molecule has 0 aliphatic carbocycles. The normalized spacial score (nSPS) is 18.7. The van der Waals surface area contributed by atoms with Gasteiger partial charge in [0.25, 0.3) is 0 Å². The summed E-state index contributed by atoms with van der Waals surface area (Å²) < 4.78 is 38.4. The second kappa shape index (κ2) is 7.34. The minimum Gasteiger partial charge on any atom is -0.454 e. The van der Waals surface area contributed by atoms with Gasteiger partial charge in [0.05, 0.1) is 0 Å². The maximum absolute atomic E-state index is 14.0. The number of Topliss-reactive ketones (excluding diaryl/α,β-unsaturated/α-hetero) is 2. The molecule has 1 saturated heterocycles. The van der Waals surface area contributed by atoms with E-state index in [1.54, 1.807) is 45.9 Å². The summed E-state index contributed by atoms with van der Waals surface area (Å²) in [6.45, 7) is 8.52. The zero-order valence-electron chi connectivity index (χ0n) is 17.1. The lowest BCUT2D eigenvalue weighted by Gasteiger charge is -2.43. The lowest BCUT2D eigenvalue weighted by molar-refractivity contribution is -0.184. The molecular weight excluding hydrogens is 378 g/mol. The zero-order valence-corrected chi connectivity index (χ0v) is 17.1. The number of carbonyl (C=O) groups excluding carboxylic acids is 2. The number of ketones is 2. The fraction of sp³-hybridized carbons (Fsp3) is 0.391. The van der Waals surface area contributed by atoms with E-state index < -0.39 is 28.8 Å². The maximum atomic E-state index is 14.0. The number of aryl methyl sites for hydroxylation is 1. The van der Waals surface area contributed by atoms with Crippen molar-refractivity contribution in [3.8, 4) is 11.5 Å². The van der Waals surface area contributed by atoms with Crippen LogP contribution < -0.4 is 4.74 Å². The van der Waals surface area contributed by atoms with Gasteiger partial charge in [-0.3, -0.25) is 9.59 Å². The molecular formula is C23H24F2O4. The highest BCUT2D eigenvalue weighted by atomic mass is 19.1. The molecule has 154 valence electrons. The van der Waals surface area contributed by atoms with Gasteiger partial charge in [0, 0.05) is 6.07 Å². The van der Waals surface area contributed by atoms with E-state index in [1.165, 1.54) is 6.07 Å². The second-order valence-corrected chi connectivity index (χ2v) is 8.18. The smallest absolute Gasteiger partial charge is 0.179 e. The Morgan fingerprint density at radius 3 is 2.14 bits per heavy atom. The molecule has 0 saturated carbocycles. The number of carbonyl (C=O) groups is 2. The number of hydrogen-bond acceptors (Lipinski definition) is 4. The lowest BCUT2D eigenvalue weighted by Crippen LogP contribution is -2.58. The van der Waals surface area contributed by atoms with Crippen LogP contribution in [0.2, 0.25) is 0 Å². The molecule has 1 heterocycles. The molecule has 6 heteroatoms. The minimum absolute atomic E-state index is 0.146. The monoisotopic (exact) mass is 402 g/mol. The Morgan fingerprint density at radius 2 is 1.59 bits per heavy atom. The molecule has 1 aliphatic rings. The van der Waals surface area contributed by atoms with Crippen molar-refractivity contribution in [2.24, 2.45) is 0 Å². The van der Waals surface area contributed by atoms with Crippen molar-refractivity contribution in [3.05, 3.63) is 59.2 Å². The molecule has 0 bridgehead atoms. The van der Waals surface area contributed by atoms with E-state index in [0.717, 1.165) is 17.7 Å². The number of hydrogen-bond donors (Lipinski definition) is 0. The maximum Gasteiger partial charge on any atom is 0.179 e. The second-order valence-electron chi connectivity index (χ2n) is 8.18. The largest absolute Gasteiger partial charge is 0.454 e. The Bertz CT molecular complexity index is 953. The van der Waals surface area contributed by atoms with Crippen LogP contribution in [0.25, 0.3) is 0 Å². The van der Waals surface area contributed by atoms with Crippen LogP contribution in [0.5, 0.6) is 11.5 Å². The molecule has 0 radical (unpaired) electrons. The van der Waals surface area contributed by atoms with Crippen LogP contribution in [0, 0.1) is 11.6 Å². The van der Waals surface area contributed by atoms with Crippen molar-refractivity contribution in [2.45, 2.75) is 58.2 Å². The molecule has 4 nitrogen and oxygen atoms in total. The van der Waals surface area contributed by atoms with E-state index >= 15 is 0 Å². The molecule has 0 amide bonds. The van der Waals surface area contributed by atoms with Crippen LogP contribution in [0.3, 0.4) is 0 Å². The van der Waals surface area contributed by atoms with Gasteiger partial charge in [-0.25, -0.2) is 8.78 Å². The van der Waals surface area contributed by atoms with Crippen molar-refractivity contribution in [1.29, 1.82) is 0 Å². The standard InChI is InChI=1S/C23H24F2O4/c1-6-13-7-9-15(28-18-10-8-14(24)11-17(18)25)12-16(13)19-20(26)22(2,3)29-23(4,5)21(19)27/h7-12,19H,6H2,1-5H3. The summed E-state index contributed by atoms with van der Waals surface area (Å²) in [6.07, 6.45) is 0.597. The van der Waals surface area contributed by atoms with Crippen molar-refractivity contribution in [3.63, 3.8) is 0 Å². The molecule has 0 spiro atoms. The Labute approximate surface area is 168 Å². The topological polar surface area (TPSA) is 52.6 Å². The average molecular weight is 402 g/mol. The van der Waals surface area contributed by atoms with Gasteiger partial charge in [0.2, 0.25) is 0 Å². The van der Waals surface area contributed by atoms with Crippen LogP contribution in [-0.2, 0) is 20.7 Å².